The Hall–Kier alpha value is -1.99. The van der Waals surface area contributed by atoms with Gasteiger partial charge in [0, 0.05) is 23.4 Å². The molecule has 2 N–H and O–H groups in total. The Morgan fingerprint density at radius 2 is 1.90 bits per heavy atom. The van der Waals surface area contributed by atoms with Gasteiger partial charge in [0.05, 0.1) is 32.0 Å². The van der Waals surface area contributed by atoms with Gasteiger partial charge in [-0.25, -0.2) is 0 Å². The second kappa shape index (κ2) is 8.79. The molecule has 0 aliphatic carbocycles. The van der Waals surface area contributed by atoms with Gasteiger partial charge in [-0.15, -0.1) is 0 Å². The number of benzene rings is 2. The lowest BCUT2D eigenvalue weighted by molar-refractivity contribution is -0.114. The van der Waals surface area contributed by atoms with E-state index < -0.39 is 12.2 Å². The summed E-state index contributed by atoms with van der Waals surface area (Å²) in [5.41, 5.74) is 2.79. The Morgan fingerprint density at radius 1 is 1.10 bits per heavy atom. The minimum Gasteiger partial charge on any atom is -0.496 e. The molecule has 4 rings (SSSR count). The van der Waals surface area contributed by atoms with E-state index in [9.17, 15) is 10.2 Å². The fourth-order valence-electron chi connectivity index (χ4n) is 3.91. The minimum absolute atomic E-state index is 0.131. The van der Waals surface area contributed by atoms with Crippen LogP contribution >= 0.6 is 11.6 Å². The number of methoxy groups -OCH3 is 1. The summed E-state index contributed by atoms with van der Waals surface area (Å²) in [7, 11) is 1.58. The standard InChI is InChI=1S/C22H25ClO6/c1-26-20-11-18(23)14(6-13-2-3-19-22(7-13)28-5-4-27-19)8-17(20)21-10-15(25)9-16(12-24)29-21/h2-3,7-8,11,15-16,21,24-25H,4-6,9-10,12H2,1H3. The fraction of sp³-hybridized carbons (Fsp3) is 0.455. The first-order valence-electron chi connectivity index (χ1n) is 9.76. The molecule has 0 radical (unpaired) electrons. The first-order chi connectivity index (χ1) is 14.1. The third kappa shape index (κ3) is 4.46. The van der Waals surface area contributed by atoms with E-state index in [0.717, 1.165) is 28.2 Å². The molecule has 2 aliphatic rings. The van der Waals surface area contributed by atoms with Crippen LogP contribution in [0.4, 0.5) is 0 Å². The predicted molar refractivity (Wildman–Crippen MR) is 108 cm³/mol. The Kier molecular flexibility index (Phi) is 6.15. The smallest absolute Gasteiger partial charge is 0.161 e. The number of aliphatic hydroxyl groups is 2. The van der Waals surface area contributed by atoms with Gasteiger partial charge in [0.1, 0.15) is 19.0 Å². The molecule has 0 bridgehead atoms. The molecule has 0 spiro atoms. The first-order valence-corrected chi connectivity index (χ1v) is 10.1. The number of hydrogen-bond donors (Lipinski definition) is 2. The van der Waals surface area contributed by atoms with Crippen LogP contribution in [-0.2, 0) is 11.2 Å². The second-order valence-electron chi connectivity index (χ2n) is 7.39. The van der Waals surface area contributed by atoms with Gasteiger partial charge >= 0.3 is 0 Å². The third-order valence-corrected chi connectivity index (χ3v) is 5.68. The van der Waals surface area contributed by atoms with E-state index in [4.69, 9.17) is 30.5 Å². The molecule has 1 fully saturated rings. The number of halogens is 1. The van der Waals surface area contributed by atoms with E-state index in [2.05, 4.69) is 0 Å². The van der Waals surface area contributed by atoms with E-state index in [-0.39, 0.29) is 12.7 Å². The van der Waals surface area contributed by atoms with Crippen LogP contribution in [0.5, 0.6) is 17.2 Å². The van der Waals surface area contributed by atoms with Crippen molar-refractivity contribution in [2.75, 3.05) is 26.9 Å². The lowest BCUT2D eigenvalue weighted by atomic mass is 9.93. The molecule has 29 heavy (non-hydrogen) atoms. The van der Waals surface area contributed by atoms with Crippen molar-refractivity contribution < 1.29 is 29.2 Å². The first kappa shape index (κ1) is 20.3. The highest BCUT2D eigenvalue weighted by Crippen LogP contribution is 2.40. The lowest BCUT2D eigenvalue weighted by Gasteiger charge is -2.33. The van der Waals surface area contributed by atoms with Gasteiger partial charge in [-0.3, -0.25) is 0 Å². The summed E-state index contributed by atoms with van der Waals surface area (Å²) >= 11 is 6.53. The summed E-state index contributed by atoms with van der Waals surface area (Å²) in [4.78, 5) is 0. The van der Waals surface area contributed by atoms with Crippen LogP contribution in [0.15, 0.2) is 30.3 Å². The molecule has 3 unspecified atom stereocenters. The predicted octanol–water partition coefficient (Wildman–Crippen LogP) is 3.28. The number of aliphatic hydroxyl groups excluding tert-OH is 2. The van der Waals surface area contributed by atoms with Crippen molar-refractivity contribution in [2.45, 2.75) is 37.6 Å². The van der Waals surface area contributed by atoms with Crippen LogP contribution < -0.4 is 14.2 Å². The summed E-state index contributed by atoms with van der Waals surface area (Å²) in [6.07, 6.45) is 0.163. The van der Waals surface area contributed by atoms with Crippen molar-refractivity contribution >= 4 is 11.6 Å². The molecule has 6 nitrogen and oxygen atoms in total. The van der Waals surface area contributed by atoms with Crippen LogP contribution in [0.3, 0.4) is 0 Å². The maximum Gasteiger partial charge on any atom is 0.161 e. The highest BCUT2D eigenvalue weighted by atomic mass is 35.5. The summed E-state index contributed by atoms with van der Waals surface area (Å²) in [6, 6.07) is 9.63. The Balaban J connectivity index is 1.63. The Labute approximate surface area is 174 Å². The highest BCUT2D eigenvalue weighted by molar-refractivity contribution is 6.31. The van der Waals surface area contributed by atoms with Gasteiger partial charge in [0.2, 0.25) is 0 Å². The van der Waals surface area contributed by atoms with Crippen molar-refractivity contribution in [3.63, 3.8) is 0 Å². The van der Waals surface area contributed by atoms with Gasteiger partial charge in [0.15, 0.2) is 11.5 Å². The van der Waals surface area contributed by atoms with Crippen LogP contribution in [0.2, 0.25) is 5.02 Å². The fourth-order valence-corrected chi connectivity index (χ4v) is 4.13. The van der Waals surface area contributed by atoms with Crippen molar-refractivity contribution in [2.24, 2.45) is 0 Å². The van der Waals surface area contributed by atoms with Crippen LogP contribution in [0.25, 0.3) is 0 Å². The zero-order valence-corrected chi connectivity index (χ0v) is 17.0. The summed E-state index contributed by atoms with van der Waals surface area (Å²) in [5, 5.41) is 20.3. The number of rotatable bonds is 5. The average Bonchev–Trinajstić information content (AvgIpc) is 2.74. The van der Waals surface area contributed by atoms with Crippen molar-refractivity contribution in [3.05, 3.63) is 52.0 Å². The normalized spacial score (nSPS) is 23.7. The monoisotopic (exact) mass is 420 g/mol. The van der Waals surface area contributed by atoms with Crippen molar-refractivity contribution in [1.29, 1.82) is 0 Å². The Morgan fingerprint density at radius 3 is 2.66 bits per heavy atom. The molecule has 7 heteroatoms. The molecule has 0 amide bonds. The van der Waals surface area contributed by atoms with Crippen LogP contribution in [-0.4, -0.2) is 49.4 Å². The summed E-state index contributed by atoms with van der Waals surface area (Å²) < 4.78 is 22.8. The molecule has 1 saturated heterocycles. The van der Waals surface area contributed by atoms with Gasteiger partial charge in [-0.1, -0.05) is 17.7 Å². The largest absolute Gasteiger partial charge is 0.496 e. The zero-order valence-electron chi connectivity index (χ0n) is 16.3. The number of ether oxygens (including phenoxy) is 4. The lowest BCUT2D eigenvalue weighted by Crippen LogP contribution is -2.33. The highest BCUT2D eigenvalue weighted by Gasteiger charge is 2.31. The molecule has 3 atom stereocenters. The van der Waals surface area contributed by atoms with Gasteiger partial charge in [-0.2, -0.15) is 0 Å². The van der Waals surface area contributed by atoms with E-state index in [1.807, 2.05) is 24.3 Å². The van der Waals surface area contributed by atoms with E-state index >= 15 is 0 Å². The number of fused-ring (bicyclic) bond motifs is 1. The second-order valence-corrected chi connectivity index (χ2v) is 7.80. The molecular formula is C22H25ClO6. The maximum atomic E-state index is 10.2. The van der Waals surface area contributed by atoms with E-state index in [1.165, 1.54) is 0 Å². The Bertz CT molecular complexity index is 871. The molecule has 0 aromatic heterocycles. The quantitative estimate of drug-likeness (QED) is 0.773. The minimum atomic E-state index is -0.535. The van der Waals surface area contributed by atoms with E-state index in [0.29, 0.717) is 43.2 Å². The van der Waals surface area contributed by atoms with Crippen LogP contribution in [0.1, 0.15) is 35.6 Å². The maximum absolute atomic E-state index is 10.2. The molecule has 0 saturated carbocycles. The molecule has 2 heterocycles. The molecule has 2 aromatic carbocycles. The van der Waals surface area contributed by atoms with E-state index in [1.54, 1.807) is 13.2 Å². The topological polar surface area (TPSA) is 77.4 Å². The van der Waals surface area contributed by atoms with Crippen LogP contribution in [0, 0.1) is 0 Å². The van der Waals surface area contributed by atoms with Gasteiger partial charge < -0.3 is 29.2 Å². The summed E-state index contributed by atoms with van der Waals surface area (Å²) in [6.45, 7) is 0.965. The SMILES string of the molecule is COc1cc(Cl)c(Cc2ccc3c(c2)OCCO3)cc1C1CC(O)CC(CO)O1. The molecule has 2 aliphatic heterocycles. The molecule has 156 valence electrons. The van der Waals surface area contributed by atoms with Crippen molar-refractivity contribution in [3.8, 4) is 17.2 Å². The molecular weight excluding hydrogens is 396 g/mol. The van der Waals surface area contributed by atoms with Crippen molar-refractivity contribution in [1.82, 2.24) is 0 Å². The average molecular weight is 421 g/mol. The zero-order chi connectivity index (χ0) is 20.4. The molecule has 2 aromatic rings. The van der Waals surface area contributed by atoms with Gasteiger partial charge in [-0.05, 0) is 41.8 Å². The van der Waals surface area contributed by atoms with Gasteiger partial charge in [0.25, 0.3) is 0 Å². The number of hydrogen-bond acceptors (Lipinski definition) is 6. The summed E-state index contributed by atoms with van der Waals surface area (Å²) in [5.74, 6) is 2.10. The third-order valence-electron chi connectivity index (χ3n) is 5.33.